The number of rotatable bonds is 6. The molecule has 2 aromatic rings. The highest BCUT2D eigenvalue weighted by molar-refractivity contribution is 5.82. The van der Waals surface area contributed by atoms with Crippen molar-refractivity contribution in [3.05, 3.63) is 64.7 Å². The molecule has 2 heterocycles. The molecule has 0 unspecified atom stereocenters. The summed E-state index contributed by atoms with van der Waals surface area (Å²) in [5.41, 5.74) is 4.67. The number of carbonyl (C=O) groups excluding carboxylic acids is 2. The molecular weight excluding hydrogens is 428 g/mol. The zero-order valence-corrected chi connectivity index (χ0v) is 20.2. The second-order valence-electron chi connectivity index (χ2n) is 9.68. The molecule has 2 amide bonds. The van der Waals surface area contributed by atoms with Gasteiger partial charge in [-0.05, 0) is 61.4 Å². The SMILES string of the molecule is CC[C@@H](Oc1ccc2c(c1)[C@@H](c1ccc(C)cc1)N(C(=O)C1CC1)CC2)C(=O)N1CCOCC1. The number of morpholine rings is 1. The van der Waals surface area contributed by atoms with Crippen LogP contribution in [0.15, 0.2) is 42.5 Å². The molecule has 34 heavy (non-hydrogen) atoms. The zero-order chi connectivity index (χ0) is 23.7. The number of hydrogen-bond acceptors (Lipinski definition) is 4. The first kappa shape index (κ1) is 22.9. The van der Waals surface area contributed by atoms with Gasteiger partial charge in [0.2, 0.25) is 5.91 Å². The van der Waals surface area contributed by atoms with Crippen LogP contribution in [0.5, 0.6) is 5.75 Å². The summed E-state index contributed by atoms with van der Waals surface area (Å²) in [5, 5.41) is 0. The van der Waals surface area contributed by atoms with Gasteiger partial charge in [0.25, 0.3) is 5.91 Å². The van der Waals surface area contributed by atoms with Gasteiger partial charge in [0, 0.05) is 25.6 Å². The van der Waals surface area contributed by atoms with Crippen molar-refractivity contribution in [1.29, 1.82) is 0 Å². The molecule has 1 aliphatic carbocycles. The Kier molecular flexibility index (Phi) is 6.59. The highest BCUT2D eigenvalue weighted by Crippen LogP contribution is 2.41. The molecule has 2 aliphatic heterocycles. The molecule has 6 nitrogen and oxygen atoms in total. The van der Waals surface area contributed by atoms with Crippen molar-refractivity contribution in [1.82, 2.24) is 9.80 Å². The van der Waals surface area contributed by atoms with Gasteiger partial charge in [-0.15, -0.1) is 0 Å². The average molecular weight is 463 g/mol. The minimum atomic E-state index is -0.526. The van der Waals surface area contributed by atoms with Gasteiger partial charge >= 0.3 is 0 Å². The van der Waals surface area contributed by atoms with Crippen LogP contribution in [0, 0.1) is 12.8 Å². The normalized spacial score (nSPS) is 21.1. The maximum absolute atomic E-state index is 13.2. The lowest BCUT2D eigenvalue weighted by atomic mass is 9.87. The van der Waals surface area contributed by atoms with Gasteiger partial charge in [0.15, 0.2) is 6.10 Å². The molecule has 3 aliphatic rings. The third-order valence-corrected chi connectivity index (χ3v) is 7.20. The molecule has 1 saturated heterocycles. The van der Waals surface area contributed by atoms with E-state index in [-0.39, 0.29) is 23.8 Å². The number of hydrogen-bond donors (Lipinski definition) is 0. The van der Waals surface area contributed by atoms with Crippen molar-refractivity contribution in [2.45, 2.75) is 51.7 Å². The van der Waals surface area contributed by atoms with E-state index in [1.165, 1.54) is 11.1 Å². The minimum absolute atomic E-state index is 0.0177. The van der Waals surface area contributed by atoms with Crippen LogP contribution in [0.2, 0.25) is 0 Å². The molecule has 2 atom stereocenters. The van der Waals surface area contributed by atoms with Crippen molar-refractivity contribution >= 4 is 11.8 Å². The summed E-state index contributed by atoms with van der Waals surface area (Å²) >= 11 is 0. The average Bonchev–Trinajstić information content (AvgIpc) is 3.72. The zero-order valence-electron chi connectivity index (χ0n) is 20.2. The largest absolute Gasteiger partial charge is 0.481 e. The third kappa shape index (κ3) is 4.69. The van der Waals surface area contributed by atoms with Crippen molar-refractivity contribution in [3.8, 4) is 5.75 Å². The van der Waals surface area contributed by atoms with E-state index in [1.54, 1.807) is 0 Å². The predicted octanol–water partition coefficient (Wildman–Crippen LogP) is 3.90. The molecule has 0 bridgehead atoms. The standard InChI is InChI=1S/C28H34N2O4/c1-3-25(28(32)29-14-16-33-17-15-29)34-23-11-10-20-12-13-30(27(31)22-8-9-22)26(24(20)18-23)21-6-4-19(2)5-7-21/h4-7,10-11,18,22,25-26H,3,8-9,12-17H2,1-2H3/t25-,26-/m1/s1. The molecular formula is C28H34N2O4. The third-order valence-electron chi connectivity index (χ3n) is 7.20. The van der Waals surface area contributed by atoms with Crippen molar-refractivity contribution in [2.24, 2.45) is 5.92 Å². The predicted molar refractivity (Wildman–Crippen MR) is 130 cm³/mol. The Morgan fingerprint density at radius 1 is 1.06 bits per heavy atom. The summed E-state index contributed by atoms with van der Waals surface area (Å²) < 4.78 is 11.7. The van der Waals surface area contributed by atoms with Crippen LogP contribution in [-0.4, -0.2) is 60.6 Å². The maximum atomic E-state index is 13.2. The Hall–Kier alpha value is -2.86. The fourth-order valence-electron chi connectivity index (χ4n) is 5.04. The van der Waals surface area contributed by atoms with Crippen LogP contribution in [-0.2, 0) is 20.7 Å². The van der Waals surface area contributed by atoms with E-state index >= 15 is 0 Å². The fourth-order valence-corrected chi connectivity index (χ4v) is 5.04. The van der Waals surface area contributed by atoms with Crippen molar-refractivity contribution < 1.29 is 19.1 Å². The molecule has 1 saturated carbocycles. The van der Waals surface area contributed by atoms with E-state index in [1.807, 2.05) is 17.9 Å². The van der Waals surface area contributed by atoms with Gasteiger partial charge in [0.05, 0.1) is 19.3 Å². The summed E-state index contributed by atoms with van der Waals surface area (Å²) in [4.78, 5) is 30.2. The quantitative estimate of drug-likeness (QED) is 0.654. The second-order valence-corrected chi connectivity index (χ2v) is 9.68. The van der Waals surface area contributed by atoms with Gasteiger partial charge in [0.1, 0.15) is 5.75 Å². The van der Waals surface area contributed by atoms with Gasteiger partial charge in [-0.3, -0.25) is 9.59 Å². The molecule has 180 valence electrons. The van der Waals surface area contributed by atoms with Gasteiger partial charge in [-0.2, -0.15) is 0 Å². The van der Waals surface area contributed by atoms with E-state index in [4.69, 9.17) is 9.47 Å². The lowest BCUT2D eigenvalue weighted by Gasteiger charge is -2.38. The first-order valence-corrected chi connectivity index (χ1v) is 12.6. The Balaban J connectivity index is 1.44. The van der Waals surface area contributed by atoms with E-state index in [0.29, 0.717) is 38.5 Å². The number of benzene rings is 2. The van der Waals surface area contributed by atoms with Gasteiger partial charge in [-0.1, -0.05) is 42.8 Å². The Morgan fingerprint density at radius 3 is 2.47 bits per heavy atom. The number of amides is 2. The van der Waals surface area contributed by atoms with Crippen LogP contribution in [0.3, 0.4) is 0 Å². The summed E-state index contributed by atoms with van der Waals surface area (Å²) in [7, 11) is 0. The lowest BCUT2D eigenvalue weighted by molar-refractivity contribution is -0.143. The summed E-state index contributed by atoms with van der Waals surface area (Å²) in [5.74, 6) is 1.13. The van der Waals surface area contributed by atoms with Crippen molar-refractivity contribution in [3.63, 3.8) is 0 Å². The van der Waals surface area contributed by atoms with Crippen LogP contribution >= 0.6 is 0 Å². The van der Waals surface area contributed by atoms with Crippen molar-refractivity contribution in [2.75, 3.05) is 32.8 Å². The molecule has 2 aromatic carbocycles. The number of ether oxygens (including phenoxy) is 2. The lowest BCUT2D eigenvalue weighted by Crippen LogP contribution is -2.47. The first-order chi connectivity index (χ1) is 16.5. The summed E-state index contributed by atoms with van der Waals surface area (Å²) in [6, 6.07) is 14.5. The molecule has 0 spiro atoms. The number of carbonyl (C=O) groups is 2. The molecule has 6 heteroatoms. The van der Waals surface area contributed by atoms with E-state index in [0.717, 1.165) is 36.9 Å². The Bertz CT molecular complexity index is 1040. The highest BCUT2D eigenvalue weighted by atomic mass is 16.5. The van der Waals surface area contributed by atoms with Crippen LogP contribution in [0.1, 0.15) is 54.5 Å². The Morgan fingerprint density at radius 2 is 1.79 bits per heavy atom. The smallest absolute Gasteiger partial charge is 0.263 e. The van der Waals surface area contributed by atoms with Crippen LogP contribution in [0.4, 0.5) is 0 Å². The molecule has 0 N–H and O–H groups in total. The topological polar surface area (TPSA) is 59.1 Å². The molecule has 2 fully saturated rings. The second kappa shape index (κ2) is 9.79. The summed E-state index contributed by atoms with van der Waals surface area (Å²) in [6.45, 7) is 7.15. The molecule has 0 aromatic heterocycles. The monoisotopic (exact) mass is 462 g/mol. The highest BCUT2D eigenvalue weighted by Gasteiger charge is 2.39. The molecule has 0 radical (unpaired) electrons. The van der Waals surface area contributed by atoms with Gasteiger partial charge in [-0.25, -0.2) is 0 Å². The maximum Gasteiger partial charge on any atom is 0.263 e. The molecule has 5 rings (SSSR count). The summed E-state index contributed by atoms with van der Waals surface area (Å²) in [6.07, 6.45) is 2.89. The van der Waals surface area contributed by atoms with E-state index in [9.17, 15) is 9.59 Å². The van der Waals surface area contributed by atoms with Crippen LogP contribution in [0.25, 0.3) is 0 Å². The first-order valence-electron chi connectivity index (χ1n) is 12.6. The number of nitrogens with zero attached hydrogens (tertiary/aromatic N) is 2. The number of aryl methyl sites for hydroxylation is 1. The van der Waals surface area contributed by atoms with E-state index < -0.39 is 6.10 Å². The van der Waals surface area contributed by atoms with Gasteiger partial charge < -0.3 is 19.3 Å². The fraction of sp³-hybridized carbons (Fsp3) is 0.500. The van der Waals surface area contributed by atoms with Crippen LogP contribution < -0.4 is 4.74 Å². The van der Waals surface area contributed by atoms with E-state index in [2.05, 4.69) is 48.2 Å². The minimum Gasteiger partial charge on any atom is -0.481 e. The Labute approximate surface area is 201 Å². The number of fused-ring (bicyclic) bond motifs is 1.